The SMILES string of the molecule is CCCC1(C(=O)Nc2ccc(F)cc2C)CCNCC1. The number of hydrogen-bond acceptors (Lipinski definition) is 2. The van der Waals surface area contributed by atoms with Crippen molar-refractivity contribution in [1.29, 1.82) is 0 Å². The molecular formula is C16H23FN2O. The van der Waals surface area contributed by atoms with Gasteiger partial charge in [0.2, 0.25) is 5.91 Å². The number of rotatable bonds is 4. The van der Waals surface area contributed by atoms with Crippen LogP contribution in [0.15, 0.2) is 18.2 Å². The molecule has 0 unspecified atom stereocenters. The lowest BCUT2D eigenvalue weighted by Gasteiger charge is -2.36. The first-order valence-corrected chi connectivity index (χ1v) is 7.36. The van der Waals surface area contributed by atoms with Gasteiger partial charge in [-0.2, -0.15) is 0 Å². The lowest BCUT2D eigenvalue weighted by Crippen LogP contribution is -2.44. The number of hydrogen-bond donors (Lipinski definition) is 2. The Morgan fingerprint density at radius 1 is 1.40 bits per heavy atom. The van der Waals surface area contributed by atoms with Crippen LogP contribution in [0.2, 0.25) is 0 Å². The normalized spacial score (nSPS) is 17.8. The van der Waals surface area contributed by atoms with Crippen molar-refractivity contribution in [2.75, 3.05) is 18.4 Å². The van der Waals surface area contributed by atoms with Gasteiger partial charge in [0, 0.05) is 5.69 Å². The summed E-state index contributed by atoms with van der Waals surface area (Å²) in [5.74, 6) is -0.193. The van der Waals surface area contributed by atoms with E-state index >= 15 is 0 Å². The van der Waals surface area contributed by atoms with Crippen LogP contribution in [-0.4, -0.2) is 19.0 Å². The minimum Gasteiger partial charge on any atom is -0.325 e. The van der Waals surface area contributed by atoms with Crippen molar-refractivity contribution >= 4 is 11.6 Å². The summed E-state index contributed by atoms with van der Waals surface area (Å²) in [5, 5.41) is 6.31. The van der Waals surface area contributed by atoms with Crippen LogP contribution in [0.4, 0.5) is 10.1 Å². The fourth-order valence-corrected chi connectivity index (χ4v) is 3.00. The van der Waals surface area contributed by atoms with E-state index in [0.29, 0.717) is 5.69 Å². The smallest absolute Gasteiger partial charge is 0.230 e. The number of carbonyl (C=O) groups is 1. The molecule has 0 saturated carbocycles. The molecule has 0 aliphatic carbocycles. The van der Waals surface area contributed by atoms with Gasteiger partial charge in [0.25, 0.3) is 0 Å². The molecule has 4 heteroatoms. The molecule has 1 aliphatic rings. The van der Waals surface area contributed by atoms with Gasteiger partial charge >= 0.3 is 0 Å². The molecule has 1 heterocycles. The van der Waals surface area contributed by atoms with Crippen LogP contribution < -0.4 is 10.6 Å². The fraction of sp³-hybridized carbons (Fsp3) is 0.562. The number of benzene rings is 1. The Morgan fingerprint density at radius 3 is 2.70 bits per heavy atom. The van der Waals surface area contributed by atoms with Gasteiger partial charge in [-0.3, -0.25) is 4.79 Å². The lowest BCUT2D eigenvalue weighted by atomic mass is 9.74. The molecule has 2 N–H and O–H groups in total. The van der Waals surface area contributed by atoms with Crippen molar-refractivity contribution in [3.63, 3.8) is 0 Å². The van der Waals surface area contributed by atoms with Crippen molar-refractivity contribution in [2.24, 2.45) is 5.41 Å². The largest absolute Gasteiger partial charge is 0.325 e. The molecule has 0 bridgehead atoms. The summed E-state index contributed by atoms with van der Waals surface area (Å²) in [6.07, 6.45) is 3.64. The van der Waals surface area contributed by atoms with Crippen LogP contribution in [0, 0.1) is 18.2 Å². The fourth-order valence-electron chi connectivity index (χ4n) is 3.00. The summed E-state index contributed by atoms with van der Waals surface area (Å²) in [5.41, 5.74) is 1.20. The third-order valence-electron chi connectivity index (χ3n) is 4.21. The van der Waals surface area contributed by atoms with Gasteiger partial charge in [0.15, 0.2) is 0 Å². The third-order valence-corrected chi connectivity index (χ3v) is 4.21. The maximum Gasteiger partial charge on any atom is 0.230 e. The lowest BCUT2D eigenvalue weighted by molar-refractivity contribution is -0.127. The maximum atomic E-state index is 13.1. The molecule has 1 aliphatic heterocycles. The average molecular weight is 278 g/mol. The summed E-state index contributed by atoms with van der Waals surface area (Å²) in [6.45, 7) is 5.69. The molecule has 2 rings (SSSR count). The first-order valence-electron chi connectivity index (χ1n) is 7.36. The third kappa shape index (κ3) is 3.18. The average Bonchev–Trinajstić information content (AvgIpc) is 2.43. The first-order chi connectivity index (χ1) is 9.57. The quantitative estimate of drug-likeness (QED) is 0.887. The molecule has 1 amide bonds. The van der Waals surface area contributed by atoms with Crippen LogP contribution in [0.1, 0.15) is 38.2 Å². The number of amides is 1. The van der Waals surface area contributed by atoms with Crippen molar-refractivity contribution < 1.29 is 9.18 Å². The molecule has 110 valence electrons. The second-order valence-electron chi connectivity index (χ2n) is 5.69. The molecule has 1 fully saturated rings. The molecule has 1 aromatic carbocycles. The molecule has 1 saturated heterocycles. The standard InChI is InChI=1S/C16H23FN2O/c1-3-6-16(7-9-18-10-8-16)15(20)19-14-5-4-13(17)11-12(14)2/h4-5,11,18H,3,6-10H2,1-2H3,(H,19,20). The molecule has 0 aromatic heterocycles. The zero-order chi connectivity index (χ0) is 14.6. The van der Waals surface area contributed by atoms with Gasteiger partial charge in [-0.15, -0.1) is 0 Å². The van der Waals surface area contributed by atoms with E-state index in [1.54, 1.807) is 6.07 Å². The number of nitrogens with one attached hydrogen (secondary N) is 2. The van der Waals surface area contributed by atoms with E-state index in [4.69, 9.17) is 0 Å². The number of halogens is 1. The molecule has 20 heavy (non-hydrogen) atoms. The highest BCUT2D eigenvalue weighted by Gasteiger charge is 2.38. The molecule has 3 nitrogen and oxygen atoms in total. The van der Waals surface area contributed by atoms with E-state index in [9.17, 15) is 9.18 Å². The Balaban J connectivity index is 2.15. The first kappa shape index (κ1) is 15.0. The van der Waals surface area contributed by atoms with Crippen LogP contribution in [-0.2, 0) is 4.79 Å². The molecular weight excluding hydrogens is 255 g/mol. The molecule has 0 spiro atoms. The summed E-state index contributed by atoms with van der Waals surface area (Å²) in [6, 6.07) is 4.48. The highest BCUT2D eigenvalue weighted by molar-refractivity contribution is 5.96. The minimum absolute atomic E-state index is 0.0792. The predicted octanol–water partition coefficient (Wildman–Crippen LogP) is 3.24. The monoisotopic (exact) mass is 278 g/mol. The molecule has 0 atom stereocenters. The van der Waals surface area contributed by atoms with E-state index in [1.807, 2.05) is 6.92 Å². The van der Waals surface area contributed by atoms with Gasteiger partial charge in [0.1, 0.15) is 5.82 Å². The van der Waals surface area contributed by atoms with E-state index < -0.39 is 0 Å². The number of anilines is 1. The zero-order valence-electron chi connectivity index (χ0n) is 12.3. The number of aryl methyl sites for hydroxylation is 1. The van der Waals surface area contributed by atoms with Crippen LogP contribution in [0.25, 0.3) is 0 Å². The minimum atomic E-state index is -0.277. The topological polar surface area (TPSA) is 41.1 Å². The highest BCUT2D eigenvalue weighted by atomic mass is 19.1. The summed E-state index contributed by atoms with van der Waals surface area (Å²) < 4.78 is 13.1. The second-order valence-corrected chi connectivity index (χ2v) is 5.69. The maximum absolute atomic E-state index is 13.1. The van der Waals surface area contributed by atoms with Crippen molar-refractivity contribution in [3.05, 3.63) is 29.6 Å². The van der Waals surface area contributed by atoms with Gasteiger partial charge < -0.3 is 10.6 Å². The Bertz CT molecular complexity index is 476. The van der Waals surface area contributed by atoms with E-state index in [1.165, 1.54) is 12.1 Å². The van der Waals surface area contributed by atoms with Crippen LogP contribution in [0.3, 0.4) is 0 Å². The summed E-state index contributed by atoms with van der Waals surface area (Å²) in [4.78, 5) is 12.7. The van der Waals surface area contributed by atoms with E-state index in [-0.39, 0.29) is 17.1 Å². The van der Waals surface area contributed by atoms with Gasteiger partial charge in [-0.25, -0.2) is 4.39 Å². The van der Waals surface area contributed by atoms with Crippen LogP contribution >= 0.6 is 0 Å². The van der Waals surface area contributed by atoms with Crippen molar-refractivity contribution in [3.8, 4) is 0 Å². The predicted molar refractivity (Wildman–Crippen MR) is 79.2 cm³/mol. The Hall–Kier alpha value is -1.42. The van der Waals surface area contributed by atoms with Crippen molar-refractivity contribution in [1.82, 2.24) is 5.32 Å². The molecule has 0 radical (unpaired) electrons. The zero-order valence-corrected chi connectivity index (χ0v) is 12.3. The number of carbonyl (C=O) groups excluding carboxylic acids is 1. The van der Waals surface area contributed by atoms with Gasteiger partial charge in [-0.1, -0.05) is 13.3 Å². The Morgan fingerprint density at radius 2 is 2.10 bits per heavy atom. The van der Waals surface area contributed by atoms with Gasteiger partial charge in [0.05, 0.1) is 5.41 Å². The van der Waals surface area contributed by atoms with E-state index in [0.717, 1.165) is 44.3 Å². The Labute approximate surface area is 120 Å². The summed E-state index contributed by atoms with van der Waals surface area (Å²) >= 11 is 0. The van der Waals surface area contributed by atoms with Crippen molar-refractivity contribution in [2.45, 2.75) is 39.5 Å². The summed E-state index contributed by atoms with van der Waals surface area (Å²) in [7, 11) is 0. The van der Waals surface area contributed by atoms with Crippen LogP contribution in [0.5, 0.6) is 0 Å². The molecule has 1 aromatic rings. The Kier molecular flexibility index (Phi) is 4.76. The highest BCUT2D eigenvalue weighted by Crippen LogP contribution is 2.35. The second kappa shape index (κ2) is 6.35. The number of piperidine rings is 1. The van der Waals surface area contributed by atoms with Gasteiger partial charge in [-0.05, 0) is 63.0 Å². The van der Waals surface area contributed by atoms with E-state index in [2.05, 4.69) is 17.6 Å².